The number of nitrogens with zero attached hydrogens (tertiary/aromatic N) is 2. The quantitative estimate of drug-likeness (QED) is 0.513. The van der Waals surface area contributed by atoms with Crippen LogP contribution < -0.4 is 10.6 Å². The molecular weight excluding hydrogens is 336 g/mol. The largest absolute Gasteiger partial charge is 0.357 e. The molecule has 1 aliphatic rings. The number of likely N-dealkylation sites (tertiary alicyclic amines) is 1. The Morgan fingerprint density at radius 3 is 2.67 bits per heavy atom. The van der Waals surface area contributed by atoms with Gasteiger partial charge in [-0.3, -0.25) is 4.79 Å². The molecule has 2 N–H and O–H groups in total. The number of guanidine groups is 1. The molecule has 150 valence electrons. The van der Waals surface area contributed by atoms with Crippen molar-refractivity contribution in [3.8, 4) is 0 Å². The van der Waals surface area contributed by atoms with Gasteiger partial charge in [0, 0.05) is 32.1 Å². The summed E-state index contributed by atoms with van der Waals surface area (Å²) in [6.07, 6.45) is 4.03. The Morgan fingerprint density at radius 2 is 2.00 bits per heavy atom. The van der Waals surface area contributed by atoms with Crippen LogP contribution in [-0.4, -0.2) is 35.9 Å². The van der Waals surface area contributed by atoms with Crippen LogP contribution in [0.1, 0.15) is 64.5 Å². The molecule has 5 nitrogen and oxygen atoms in total. The normalized spacial score (nSPS) is 16.1. The molecule has 1 aromatic carbocycles. The highest BCUT2D eigenvalue weighted by Gasteiger charge is 2.19. The molecule has 0 aromatic heterocycles. The van der Waals surface area contributed by atoms with Crippen LogP contribution in [0, 0.1) is 5.92 Å². The van der Waals surface area contributed by atoms with Gasteiger partial charge < -0.3 is 15.5 Å². The first-order valence-electron chi connectivity index (χ1n) is 10.4. The molecule has 1 unspecified atom stereocenters. The first kappa shape index (κ1) is 21.3. The van der Waals surface area contributed by atoms with E-state index in [2.05, 4.69) is 62.6 Å². The average Bonchev–Trinajstić information content (AvgIpc) is 3.03. The molecule has 1 atom stereocenters. The van der Waals surface area contributed by atoms with Crippen molar-refractivity contribution in [2.45, 2.75) is 72.5 Å². The molecule has 0 saturated carbocycles. The van der Waals surface area contributed by atoms with Crippen molar-refractivity contribution < 1.29 is 4.79 Å². The predicted octanol–water partition coefficient (Wildman–Crippen LogP) is 3.69. The lowest BCUT2D eigenvalue weighted by Gasteiger charge is -2.19. The smallest absolute Gasteiger partial charge is 0.222 e. The van der Waals surface area contributed by atoms with E-state index in [1.807, 2.05) is 4.90 Å². The maximum absolute atomic E-state index is 11.8. The molecule has 1 heterocycles. The maximum Gasteiger partial charge on any atom is 0.222 e. The zero-order valence-corrected chi connectivity index (χ0v) is 17.4. The van der Waals surface area contributed by atoms with Crippen molar-refractivity contribution in [1.29, 1.82) is 0 Å². The Hall–Kier alpha value is -2.04. The third-order valence-corrected chi connectivity index (χ3v) is 4.86. The summed E-state index contributed by atoms with van der Waals surface area (Å²) in [5.74, 6) is 1.86. The van der Waals surface area contributed by atoms with Crippen molar-refractivity contribution in [2.24, 2.45) is 10.9 Å². The first-order valence-corrected chi connectivity index (χ1v) is 10.4. The van der Waals surface area contributed by atoms with Crippen LogP contribution in [0.5, 0.6) is 0 Å². The van der Waals surface area contributed by atoms with Crippen molar-refractivity contribution >= 4 is 11.9 Å². The van der Waals surface area contributed by atoms with Crippen LogP contribution in [0.15, 0.2) is 29.3 Å². The van der Waals surface area contributed by atoms with Crippen molar-refractivity contribution in [1.82, 2.24) is 15.5 Å². The lowest BCUT2D eigenvalue weighted by Crippen LogP contribution is -2.42. The van der Waals surface area contributed by atoms with E-state index in [1.165, 1.54) is 17.5 Å². The molecule has 1 fully saturated rings. The van der Waals surface area contributed by atoms with Crippen LogP contribution in [-0.2, 0) is 17.9 Å². The van der Waals surface area contributed by atoms with Crippen LogP contribution in [0.4, 0.5) is 0 Å². The van der Waals surface area contributed by atoms with Gasteiger partial charge in [-0.1, -0.05) is 38.1 Å². The average molecular weight is 373 g/mol. The second-order valence-electron chi connectivity index (χ2n) is 7.95. The molecular formula is C22H36N4O. The fourth-order valence-corrected chi connectivity index (χ4v) is 3.30. The minimum absolute atomic E-state index is 0.271. The third-order valence-electron chi connectivity index (χ3n) is 4.86. The highest BCUT2D eigenvalue weighted by Crippen LogP contribution is 2.15. The minimum Gasteiger partial charge on any atom is -0.357 e. The highest BCUT2D eigenvalue weighted by molar-refractivity contribution is 5.80. The van der Waals surface area contributed by atoms with Crippen molar-refractivity contribution in [3.63, 3.8) is 0 Å². The van der Waals surface area contributed by atoms with Gasteiger partial charge in [-0.25, -0.2) is 4.99 Å². The molecule has 0 spiro atoms. The summed E-state index contributed by atoms with van der Waals surface area (Å²) < 4.78 is 0. The van der Waals surface area contributed by atoms with Crippen LogP contribution in [0.3, 0.4) is 0 Å². The lowest BCUT2D eigenvalue weighted by atomic mass is 10.0. The van der Waals surface area contributed by atoms with E-state index in [9.17, 15) is 4.79 Å². The Balaban J connectivity index is 1.94. The summed E-state index contributed by atoms with van der Waals surface area (Å²) in [5, 5.41) is 6.85. The number of aliphatic imine (C=N–C) groups is 1. The van der Waals surface area contributed by atoms with Crippen molar-refractivity contribution in [3.05, 3.63) is 35.4 Å². The second kappa shape index (κ2) is 11.0. The monoisotopic (exact) mass is 372 g/mol. The SMILES string of the molecule is CCNC(=NCc1cccc(CN2CCCC2=O)c1)NC(C)CCC(C)C. The van der Waals surface area contributed by atoms with E-state index in [0.717, 1.165) is 37.8 Å². The van der Waals surface area contributed by atoms with Crippen molar-refractivity contribution in [2.75, 3.05) is 13.1 Å². The van der Waals surface area contributed by atoms with E-state index in [4.69, 9.17) is 4.99 Å². The summed E-state index contributed by atoms with van der Waals surface area (Å²) in [4.78, 5) is 18.5. The maximum atomic E-state index is 11.8. The van der Waals surface area contributed by atoms with Crippen LogP contribution >= 0.6 is 0 Å². The Bertz CT molecular complexity index is 626. The molecule has 0 bridgehead atoms. The Morgan fingerprint density at radius 1 is 1.22 bits per heavy atom. The number of hydrogen-bond acceptors (Lipinski definition) is 2. The molecule has 27 heavy (non-hydrogen) atoms. The van der Waals surface area contributed by atoms with Gasteiger partial charge in [-0.15, -0.1) is 0 Å². The Labute approximate surface area is 164 Å². The first-order chi connectivity index (χ1) is 13.0. The van der Waals surface area contributed by atoms with Gasteiger partial charge in [-0.05, 0) is 50.2 Å². The number of nitrogens with one attached hydrogen (secondary N) is 2. The lowest BCUT2D eigenvalue weighted by molar-refractivity contribution is -0.128. The summed E-state index contributed by atoms with van der Waals surface area (Å²) in [5.41, 5.74) is 2.35. The topological polar surface area (TPSA) is 56.7 Å². The summed E-state index contributed by atoms with van der Waals surface area (Å²) in [6.45, 7) is 11.9. The van der Waals surface area contributed by atoms with Crippen LogP contribution in [0.25, 0.3) is 0 Å². The molecule has 0 radical (unpaired) electrons. The molecule has 0 aliphatic carbocycles. The molecule has 1 aliphatic heterocycles. The summed E-state index contributed by atoms with van der Waals surface area (Å²) in [6, 6.07) is 8.83. The molecule has 5 heteroatoms. The summed E-state index contributed by atoms with van der Waals surface area (Å²) >= 11 is 0. The van der Waals surface area contributed by atoms with Crippen LogP contribution in [0.2, 0.25) is 0 Å². The van der Waals surface area contributed by atoms with Gasteiger partial charge in [-0.2, -0.15) is 0 Å². The molecule has 1 saturated heterocycles. The number of carbonyl (C=O) groups is 1. The fourth-order valence-electron chi connectivity index (χ4n) is 3.30. The van der Waals surface area contributed by atoms with Gasteiger partial charge in [0.05, 0.1) is 6.54 Å². The third kappa shape index (κ3) is 7.61. The van der Waals surface area contributed by atoms with E-state index in [-0.39, 0.29) is 5.91 Å². The zero-order chi connectivity index (χ0) is 19.6. The molecule has 1 aromatic rings. The van der Waals surface area contributed by atoms with Gasteiger partial charge in [0.2, 0.25) is 5.91 Å². The van der Waals surface area contributed by atoms with E-state index < -0.39 is 0 Å². The number of rotatable bonds is 9. The van der Waals surface area contributed by atoms with Gasteiger partial charge >= 0.3 is 0 Å². The number of amides is 1. The highest BCUT2D eigenvalue weighted by atomic mass is 16.2. The van der Waals surface area contributed by atoms with E-state index in [1.54, 1.807) is 0 Å². The molecule has 2 rings (SSSR count). The summed E-state index contributed by atoms with van der Waals surface area (Å²) in [7, 11) is 0. The van der Waals surface area contributed by atoms with Gasteiger partial charge in [0.15, 0.2) is 5.96 Å². The number of benzene rings is 1. The fraction of sp³-hybridized carbons (Fsp3) is 0.636. The number of hydrogen-bond donors (Lipinski definition) is 2. The standard InChI is InChI=1S/C22H36N4O/c1-5-23-22(25-18(4)12-11-17(2)3)24-15-19-8-6-9-20(14-19)16-26-13-7-10-21(26)27/h6,8-9,14,17-18H,5,7,10-13,15-16H2,1-4H3,(H2,23,24,25). The minimum atomic E-state index is 0.271. The molecule has 1 amide bonds. The van der Waals surface area contributed by atoms with E-state index >= 15 is 0 Å². The van der Waals surface area contributed by atoms with Gasteiger partial charge in [0.25, 0.3) is 0 Å². The zero-order valence-electron chi connectivity index (χ0n) is 17.4. The number of carbonyl (C=O) groups excluding carboxylic acids is 1. The predicted molar refractivity (Wildman–Crippen MR) is 113 cm³/mol. The second-order valence-corrected chi connectivity index (χ2v) is 7.95. The van der Waals surface area contributed by atoms with E-state index in [0.29, 0.717) is 25.6 Å². The van der Waals surface area contributed by atoms with Gasteiger partial charge in [0.1, 0.15) is 0 Å². The Kier molecular flexibility index (Phi) is 8.62.